The van der Waals surface area contributed by atoms with E-state index in [0.29, 0.717) is 37.1 Å². The first-order chi connectivity index (χ1) is 9.03. The van der Waals surface area contributed by atoms with E-state index in [4.69, 9.17) is 5.26 Å². The minimum atomic E-state index is -3.42. The summed E-state index contributed by atoms with van der Waals surface area (Å²) in [6.45, 7) is 0.691. The Morgan fingerprint density at radius 2 is 1.95 bits per heavy atom. The van der Waals surface area contributed by atoms with Gasteiger partial charge in [0.1, 0.15) is 0 Å². The quantitative estimate of drug-likeness (QED) is 0.889. The van der Waals surface area contributed by atoms with E-state index in [1.807, 2.05) is 6.07 Å². The average molecular weight is 280 g/mol. The Morgan fingerprint density at radius 1 is 1.32 bits per heavy atom. The highest BCUT2D eigenvalue weighted by molar-refractivity contribution is 7.88. The number of nitrogens with zero attached hydrogens (tertiary/aromatic N) is 2. The molecule has 0 radical (unpaired) electrons. The highest BCUT2D eigenvalue weighted by Crippen LogP contribution is 2.19. The van der Waals surface area contributed by atoms with Crippen molar-refractivity contribution in [3.05, 3.63) is 35.4 Å². The molecule has 0 atom stereocenters. The summed E-state index contributed by atoms with van der Waals surface area (Å²) >= 11 is 0. The standard InChI is InChI=1S/C13H16N2O3S/c14-9-11-3-1-2-4-12(11)10-19(17,18)15-7-5-13(16)6-8-15/h1-4,13,16H,5-8,10H2. The summed E-state index contributed by atoms with van der Waals surface area (Å²) in [6, 6.07) is 8.72. The third kappa shape index (κ3) is 3.32. The van der Waals surface area contributed by atoms with Crippen LogP contribution in [0, 0.1) is 11.3 Å². The summed E-state index contributed by atoms with van der Waals surface area (Å²) in [4.78, 5) is 0. The highest BCUT2D eigenvalue weighted by atomic mass is 32.2. The first-order valence-electron chi connectivity index (χ1n) is 6.17. The summed E-state index contributed by atoms with van der Waals surface area (Å²) < 4.78 is 25.9. The lowest BCUT2D eigenvalue weighted by Crippen LogP contribution is -2.40. The van der Waals surface area contributed by atoms with Gasteiger partial charge in [-0.2, -0.15) is 5.26 Å². The summed E-state index contributed by atoms with van der Waals surface area (Å²) in [7, 11) is -3.42. The molecule has 0 aromatic heterocycles. The van der Waals surface area contributed by atoms with Crippen LogP contribution in [0.1, 0.15) is 24.0 Å². The number of hydrogen-bond donors (Lipinski definition) is 1. The molecule has 0 unspecified atom stereocenters. The van der Waals surface area contributed by atoms with Gasteiger partial charge in [-0.1, -0.05) is 18.2 Å². The van der Waals surface area contributed by atoms with E-state index < -0.39 is 16.1 Å². The Bertz CT molecular complexity index is 584. The molecule has 0 aliphatic carbocycles. The van der Waals surface area contributed by atoms with Gasteiger partial charge in [-0.15, -0.1) is 0 Å². The third-order valence-electron chi connectivity index (χ3n) is 3.29. The van der Waals surface area contributed by atoms with Gasteiger partial charge in [0.2, 0.25) is 10.0 Å². The molecular formula is C13H16N2O3S. The highest BCUT2D eigenvalue weighted by Gasteiger charge is 2.27. The molecule has 1 N–H and O–H groups in total. The van der Waals surface area contributed by atoms with Crippen LogP contribution in [0.25, 0.3) is 0 Å². The van der Waals surface area contributed by atoms with Crippen LogP contribution in [0.5, 0.6) is 0 Å². The molecule has 0 spiro atoms. The maximum Gasteiger partial charge on any atom is 0.218 e. The molecule has 102 valence electrons. The summed E-state index contributed by atoms with van der Waals surface area (Å²) in [5.74, 6) is -0.160. The zero-order valence-electron chi connectivity index (χ0n) is 10.5. The van der Waals surface area contributed by atoms with Crippen molar-refractivity contribution in [1.29, 1.82) is 5.26 Å². The normalized spacial score (nSPS) is 18.1. The lowest BCUT2D eigenvalue weighted by atomic mass is 10.1. The molecule has 0 saturated carbocycles. The van der Waals surface area contributed by atoms with E-state index in [0.717, 1.165) is 0 Å². The molecule has 1 saturated heterocycles. The van der Waals surface area contributed by atoms with Crippen molar-refractivity contribution in [2.75, 3.05) is 13.1 Å². The Kier molecular flexibility index (Phi) is 4.20. The Labute approximate surface area is 113 Å². The monoisotopic (exact) mass is 280 g/mol. The number of benzene rings is 1. The number of rotatable bonds is 3. The van der Waals surface area contributed by atoms with Crippen LogP contribution in [0.2, 0.25) is 0 Å². The lowest BCUT2D eigenvalue weighted by molar-refractivity contribution is 0.113. The minimum Gasteiger partial charge on any atom is -0.393 e. The predicted molar refractivity (Wildman–Crippen MR) is 70.6 cm³/mol. The van der Waals surface area contributed by atoms with Gasteiger partial charge < -0.3 is 5.11 Å². The topological polar surface area (TPSA) is 81.4 Å². The molecule has 1 aliphatic rings. The number of aliphatic hydroxyl groups excluding tert-OH is 1. The molecule has 1 fully saturated rings. The van der Waals surface area contributed by atoms with Crippen molar-refractivity contribution in [3.63, 3.8) is 0 Å². The van der Waals surface area contributed by atoms with Crippen LogP contribution in [-0.4, -0.2) is 37.0 Å². The van der Waals surface area contributed by atoms with Gasteiger partial charge in [0.25, 0.3) is 0 Å². The van der Waals surface area contributed by atoms with Crippen LogP contribution in [0.4, 0.5) is 0 Å². The van der Waals surface area contributed by atoms with Gasteiger partial charge in [0.05, 0.1) is 23.5 Å². The van der Waals surface area contributed by atoms with Gasteiger partial charge in [-0.3, -0.25) is 0 Å². The van der Waals surface area contributed by atoms with Crippen molar-refractivity contribution in [2.45, 2.75) is 24.7 Å². The fourth-order valence-electron chi connectivity index (χ4n) is 2.16. The Morgan fingerprint density at radius 3 is 2.58 bits per heavy atom. The molecule has 1 heterocycles. The molecular weight excluding hydrogens is 264 g/mol. The van der Waals surface area contributed by atoms with E-state index in [1.54, 1.807) is 24.3 Å². The van der Waals surface area contributed by atoms with Crippen LogP contribution in [0.3, 0.4) is 0 Å². The van der Waals surface area contributed by atoms with Gasteiger partial charge in [-0.05, 0) is 24.5 Å². The van der Waals surface area contributed by atoms with E-state index in [2.05, 4.69) is 0 Å². The smallest absolute Gasteiger partial charge is 0.218 e. The lowest BCUT2D eigenvalue weighted by Gasteiger charge is -2.28. The average Bonchev–Trinajstić information content (AvgIpc) is 2.39. The first kappa shape index (κ1) is 14.0. The zero-order chi connectivity index (χ0) is 13.9. The molecule has 0 bridgehead atoms. The van der Waals surface area contributed by atoms with Crippen LogP contribution < -0.4 is 0 Å². The van der Waals surface area contributed by atoms with E-state index >= 15 is 0 Å². The van der Waals surface area contributed by atoms with Crippen LogP contribution in [0.15, 0.2) is 24.3 Å². The van der Waals surface area contributed by atoms with Crippen LogP contribution >= 0.6 is 0 Å². The second kappa shape index (κ2) is 5.70. The van der Waals surface area contributed by atoms with Gasteiger partial charge in [0.15, 0.2) is 0 Å². The maximum atomic E-state index is 12.3. The summed E-state index contributed by atoms with van der Waals surface area (Å²) in [5.41, 5.74) is 0.916. The second-order valence-corrected chi connectivity index (χ2v) is 6.62. The fraction of sp³-hybridized carbons (Fsp3) is 0.462. The van der Waals surface area contributed by atoms with E-state index in [-0.39, 0.29) is 5.75 Å². The maximum absolute atomic E-state index is 12.3. The van der Waals surface area contributed by atoms with Gasteiger partial charge in [0, 0.05) is 13.1 Å². The second-order valence-electron chi connectivity index (χ2n) is 4.66. The molecule has 1 aromatic rings. The van der Waals surface area contributed by atoms with Crippen molar-refractivity contribution in [3.8, 4) is 6.07 Å². The summed E-state index contributed by atoms with van der Waals surface area (Å²) in [5, 5.41) is 18.4. The SMILES string of the molecule is N#Cc1ccccc1CS(=O)(=O)N1CCC(O)CC1. The number of sulfonamides is 1. The Hall–Kier alpha value is -1.42. The molecule has 2 rings (SSSR count). The minimum absolute atomic E-state index is 0.160. The molecule has 0 amide bonds. The number of aliphatic hydroxyl groups is 1. The predicted octanol–water partition coefficient (Wildman–Crippen LogP) is 0.845. The van der Waals surface area contributed by atoms with Crippen molar-refractivity contribution < 1.29 is 13.5 Å². The van der Waals surface area contributed by atoms with Crippen molar-refractivity contribution in [1.82, 2.24) is 4.31 Å². The van der Waals surface area contributed by atoms with Gasteiger partial charge >= 0.3 is 0 Å². The zero-order valence-corrected chi connectivity index (χ0v) is 11.3. The van der Waals surface area contributed by atoms with E-state index in [9.17, 15) is 13.5 Å². The molecule has 19 heavy (non-hydrogen) atoms. The third-order valence-corrected chi connectivity index (χ3v) is 5.12. The largest absolute Gasteiger partial charge is 0.393 e. The Balaban J connectivity index is 2.15. The first-order valence-corrected chi connectivity index (χ1v) is 7.78. The molecule has 1 aliphatic heterocycles. The van der Waals surface area contributed by atoms with Crippen molar-refractivity contribution in [2.24, 2.45) is 0 Å². The molecule has 6 heteroatoms. The molecule has 1 aromatic carbocycles. The summed E-state index contributed by atoms with van der Waals surface area (Å²) in [6.07, 6.45) is 0.538. The van der Waals surface area contributed by atoms with Crippen LogP contribution in [-0.2, 0) is 15.8 Å². The molecule has 5 nitrogen and oxygen atoms in total. The number of nitriles is 1. The number of hydrogen-bond acceptors (Lipinski definition) is 4. The van der Waals surface area contributed by atoms with E-state index in [1.165, 1.54) is 4.31 Å². The van der Waals surface area contributed by atoms with Crippen molar-refractivity contribution >= 4 is 10.0 Å². The number of piperidine rings is 1. The fourth-order valence-corrected chi connectivity index (χ4v) is 3.76. The van der Waals surface area contributed by atoms with Gasteiger partial charge in [-0.25, -0.2) is 12.7 Å².